The van der Waals surface area contributed by atoms with Crippen LogP contribution in [0.15, 0.2) is 18.2 Å². The Morgan fingerprint density at radius 2 is 2.15 bits per heavy atom. The largest absolute Gasteiger partial charge is 0.369 e. The van der Waals surface area contributed by atoms with E-state index in [0.717, 1.165) is 18.1 Å². The second-order valence-electron chi connectivity index (χ2n) is 6.34. The Morgan fingerprint density at radius 3 is 2.85 bits per heavy atom. The van der Waals surface area contributed by atoms with Crippen molar-refractivity contribution in [1.29, 1.82) is 0 Å². The molecule has 1 saturated heterocycles. The Balaban J connectivity index is 2.14. The molecule has 0 bridgehead atoms. The van der Waals surface area contributed by atoms with Gasteiger partial charge in [0.2, 0.25) is 0 Å². The first kappa shape index (κ1) is 15.7. The van der Waals surface area contributed by atoms with Gasteiger partial charge in [-0.3, -0.25) is 0 Å². The van der Waals surface area contributed by atoms with Crippen molar-refractivity contribution in [2.75, 3.05) is 18.0 Å². The fraction of sp³-hybridized carbons (Fsp3) is 0.647. The Labute approximate surface area is 128 Å². The zero-order chi connectivity index (χ0) is 14.5. The van der Waals surface area contributed by atoms with Crippen LogP contribution in [0.3, 0.4) is 0 Å². The molecular weight excluding hydrogens is 268 g/mol. The fourth-order valence-corrected chi connectivity index (χ4v) is 3.12. The number of hydrogen-bond donors (Lipinski definition) is 1. The number of halogens is 1. The van der Waals surface area contributed by atoms with Gasteiger partial charge in [-0.25, -0.2) is 0 Å². The van der Waals surface area contributed by atoms with E-state index in [4.69, 9.17) is 11.6 Å². The highest BCUT2D eigenvalue weighted by Crippen LogP contribution is 2.29. The van der Waals surface area contributed by atoms with Gasteiger partial charge in [-0.15, -0.1) is 0 Å². The number of benzene rings is 1. The Bertz CT molecular complexity index is 431. The first-order valence-electron chi connectivity index (χ1n) is 7.83. The molecule has 112 valence electrons. The summed E-state index contributed by atoms with van der Waals surface area (Å²) in [5.41, 5.74) is 2.68. The van der Waals surface area contributed by atoms with Crippen LogP contribution in [0.2, 0.25) is 5.02 Å². The van der Waals surface area contributed by atoms with Crippen molar-refractivity contribution in [2.45, 2.75) is 52.6 Å². The first-order valence-corrected chi connectivity index (χ1v) is 8.21. The van der Waals surface area contributed by atoms with E-state index in [1.54, 1.807) is 0 Å². The van der Waals surface area contributed by atoms with Gasteiger partial charge in [0.15, 0.2) is 0 Å². The van der Waals surface area contributed by atoms with Crippen molar-refractivity contribution < 1.29 is 0 Å². The highest BCUT2D eigenvalue weighted by molar-refractivity contribution is 6.30. The second-order valence-corrected chi connectivity index (χ2v) is 6.77. The highest BCUT2D eigenvalue weighted by Gasteiger charge is 2.20. The maximum absolute atomic E-state index is 6.19. The van der Waals surface area contributed by atoms with Crippen molar-refractivity contribution in [1.82, 2.24) is 5.32 Å². The molecule has 0 aromatic heterocycles. The van der Waals surface area contributed by atoms with Gasteiger partial charge in [0.05, 0.1) is 0 Å². The molecule has 3 heteroatoms. The maximum atomic E-state index is 6.19. The van der Waals surface area contributed by atoms with E-state index in [1.807, 2.05) is 6.07 Å². The van der Waals surface area contributed by atoms with Gasteiger partial charge in [0.1, 0.15) is 0 Å². The minimum Gasteiger partial charge on any atom is -0.369 e. The number of rotatable bonds is 5. The fourth-order valence-electron chi connectivity index (χ4n) is 2.93. The van der Waals surface area contributed by atoms with Crippen LogP contribution in [-0.2, 0) is 6.54 Å². The van der Waals surface area contributed by atoms with Gasteiger partial charge < -0.3 is 10.2 Å². The summed E-state index contributed by atoms with van der Waals surface area (Å²) in [7, 11) is 0. The summed E-state index contributed by atoms with van der Waals surface area (Å²) >= 11 is 6.19. The molecule has 1 unspecified atom stereocenters. The quantitative estimate of drug-likeness (QED) is 0.862. The molecule has 0 saturated carbocycles. The molecule has 0 aliphatic carbocycles. The molecule has 1 heterocycles. The van der Waals surface area contributed by atoms with Crippen molar-refractivity contribution in [3.8, 4) is 0 Å². The Hall–Kier alpha value is -0.730. The topological polar surface area (TPSA) is 15.3 Å². The van der Waals surface area contributed by atoms with Gasteiger partial charge in [0.25, 0.3) is 0 Å². The monoisotopic (exact) mass is 294 g/mol. The minimum atomic E-state index is 0.633. The third kappa shape index (κ3) is 4.13. The Morgan fingerprint density at radius 1 is 1.35 bits per heavy atom. The highest BCUT2D eigenvalue weighted by atomic mass is 35.5. The maximum Gasteiger partial charge on any atom is 0.0415 e. The molecule has 1 fully saturated rings. The van der Waals surface area contributed by atoms with Crippen LogP contribution in [-0.4, -0.2) is 19.1 Å². The zero-order valence-corrected chi connectivity index (χ0v) is 13.7. The summed E-state index contributed by atoms with van der Waals surface area (Å²) in [6.07, 6.45) is 3.94. The third-order valence-corrected chi connectivity index (χ3v) is 4.26. The van der Waals surface area contributed by atoms with E-state index >= 15 is 0 Å². The van der Waals surface area contributed by atoms with Crippen LogP contribution in [0, 0.1) is 5.92 Å². The summed E-state index contributed by atoms with van der Waals surface area (Å²) in [4.78, 5) is 2.55. The van der Waals surface area contributed by atoms with Gasteiger partial charge >= 0.3 is 0 Å². The molecule has 1 aromatic carbocycles. The number of nitrogens with one attached hydrogen (secondary N) is 1. The molecule has 0 amide bonds. The van der Waals surface area contributed by atoms with Crippen LogP contribution in [0.25, 0.3) is 0 Å². The van der Waals surface area contributed by atoms with Crippen molar-refractivity contribution >= 4 is 17.3 Å². The van der Waals surface area contributed by atoms with E-state index < -0.39 is 0 Å². The van der Waals surface area contributed by atoms with Crippen molar-refractivity contribution in [2.24, 2.45) is 5.92 Å². The lowest BCUT2D eigenvalue weighted by molar-refractivity contribution is 0.482. The molecule has 1 N–H and O–H groups in total. The molecular formula is C17H27ClN2. The van der Waals surface area contributed by atoms with E-state index in [9.17, 15) is 0 Å². The average Bonchev–Trinajstić information content (AvgIpc) is 2.40. The van der Waals surface area contributed by atoms with Gasteiger partial charge in [-0.1, -0.05) is 25.4 Å². The lowest BCUT2D eigenvalue weighted by Gasteiger charge is -2.37. The van der Waals surface area contributed by atoms with E-state index in [2.05, 4.69) is 43.1 Å². The summed E-state index contributed by atoms with van der Waals surface area (Å²) in [5, 5.41) is 4.37. The summed E-state index contributed by atoms with van der Waals surface area (Å²) in [6, 6.07) is 6.96. The van der Waals surface area contributed by atoms with E-state index in [1.165, 1.54) is 37.1 Å². The molecule has 0 spiro atoms. The summed E-state index contributed by atoms with van der Waals surface area (Å²) in [6.45, 7) is 9.91. The lowest BCUT2D eigenvalue weighted by atomic mass is 10.0. The van der Waals surface area contributed by atoms with Gasteiger partial charge in [-0.2, -0.15) is 0 Å². The van der Waals surface area contributed by atoms with Crippen molar-refractivity contribution in [3.05, 3.63) is 28.8 Å². The molecule has 2 rings (SSSR count). The van der Waals surface area contributed by atoms with Crippen LogP contribution < -0.4 is 10.2 Å². The molecule has 0 radical (unpaired) electrons. The van der Waals surface area contributed by atoms with Crippen molar-refractivity contribution in [3.63, 3.8) is 0 Å². The van der Waals surface area contributed by atoms with Gasteiger partial charge in [0, 0.05) is 29.8 Å². The SMILES string of the molecule is CC(C)CNCc1cc(Cl)ccc1N1CCCCC1C. The smallest absolute Gasteiger partial charge is 0.0415 e. The zero-order valence-electron chi connectivity index (χ0n) is 13.0. The molecule has 1 aromatic rings. The van der Waals surface area contributed by atoms with Crippen LogP contribution in [0.1, 0.15) is 45.6 Å². The van der Waals surface area contributed by atoms with Crippen LogP contribution in [0.5, 0.6) is 0 Å². The predicted molar refractivity (Wildman–Crippen MR) is 88.7 cm³/mol. The number of piperidine rings is 1. The first-order chi connectivity index (χ1) is 9.58. The second kappa shape index (κ2) is 7.33. The molecule has 1 aliphatic rings. The molecule has 1 atom stereocenters. The minimum absolute atomic E-state index is 0.633. The molecule has 2 nitrogen and oxygen atoms in total. The number of anilines is 1. The summed E-state index contributed by atoms with van der Waals surface area (Å²) < 4.78 is 0. The van der Waals surface area contributed by atoms with Crippen LogP contribution >= 0.6 is 11.6 Å². The third-order valence-electron chi connectivity index (χ3n) is 4.02. The number of hydrogen-bond acceptors (Lipinski definition) is 2. The molecule has 20 heavy (non-hydrogen) atoms. The van der Waals surface area contributed by atoms with Gasteiger partial charge in [-0.05, 0) is 62.4 Å². The average molecular weight is 295 g/mol. The van der Waals surface area contributed by atoms with E-state index in [-0.39, 0.29) is 0 Å². The van der Waals surface area contributed by atoms with E-state index in [0.29, 0.717) is 12.0 Å². The standard InChI is InChI=1S/C17H27ClN2/c1-13(2)11-19-12-15-10-16(18)7-8-17(15)20-9-5-4-6-14(20)3/h7-8,10,13-14,19H,4-6,9,11-12H2,1-3H3. The lowest BCUT2D eigenvalue weighted by Crippen LogP contribution is -2.38. The van der Waals surface area contributed by atoms with Crippen LogP contribution in [0.4, 0.5) is 5.69 Å². The predicted octanol–water partition coefficient (Wildman–Crippen LogP) is 4.46. The number of nitrogens with zero attached hydrogens (tertiary/aromatic N) is 1. The summed E-state index contributed by atoms with van der Waals surface area (Å²) in [5.74, 6) is 0.673. The molecule has 1 aliphatic heterocycles. The Kier molecular flexibility index (Phi) is 5.74. The normalized spacial score (nSPS) is 19.6.